The number of aromatic amines is 1. The third kappa shape index (κ3) is 2.32. The van der Waals surface area contributed by atoms with E-state index in [9.17, 15) is 0 Å². The second kappa shape index (κ2) is 5.09. The zero-order chi connectivity index (χ0) is 14.1. The Balaban J connectivity index is 2.07. The first kappa shape index (κ1) is 12.9. The molecule has 0 saturated heterocycles. The zero-order valence-electron chi connectivity index (χ0n) is 10.9. The average molecular weight is 334 g/mol. The first-order valence-corrected chi connectivity index (χ1v) is 6.79. The van der Waals surface area contributed by atoms with E-state index in [1.165, 1.54) is 0 Å². The van der Waals surface area contributed by atoms with Crippen molar-refractivity contribution in [3.05, 3.63) is 34.4 Å². The lowest BCUT2D eigenvalue weighted by atomic mass is 10.2. The molecule has 1 aromatic carbocycles. The monoisotopic (exact) mass is 333 g/mol. The highest BCUT2D eigenvalue weighted by molar-refractivity contribution is 9.10. The van der Waals surface area contributed by atoms with Crippen LogP contribution in [0.5, 0.6) is 11.6 Å². The molecule has 0 amide bonds. The van der Waals surface area contributed by atoms with Gasteiger partial charge in [0.25, 0.3) is 0 Å². The molecule has 0 saturated carbocycles. The maximum absolute atomic E-state index is 5.91. The number of H-pyrrole nitrogens is 1. The number of rotatable bonds is 3. The molecule has 0 spiro atoms. The quantitative estimate of drug-likeness (QED) is 0.769. The second-order valence-electron chi connectivity index (χ2n) is 4.25. The summed E-state index contributed by atoms with van der Waals surface area (Å²) in [6.45, 7) is 1.98. The van der Waals surface area contributed by atoms with Gasteiger partial charge in [-0.05, 0) is 30.7 Å². The Labute approximate surface area is 123 Å². The van der Waals surface area contributed by atoms with E-state index in [1.807, 2.05) is 25.1 Å². The summed E-state index contributed by atoms with van der Waals surface area (Å²) in [5, 5.41) is 10.4. The molecule has 2 aromatic heterocycles. The van der Waals surface area contributed by atoms with Crippen molar-refractivity contribution >= 4 is 32.9 Å². The lowest BCUT2D eigenvalue weighted by molar-refractivity contribution is 0.465. The Hall–Kier alpha value is -2.15. The number of halogens is 1. The predicted octanol–water partition coefficient (Wildman–Crippen LogP) is 3.26. The maximum Gasteiger partial charge on any atom is 0.235 e. The normalized spacial score (nSPS) is 10.8. The molecule has 7 heteroatoms. The standard InChI is InChI=1S/C13H12BrN5O/c1-7-5-8(14)3-4-10(7)20-12-9-6-16-19-11(9)17-13(15-2)18-12/h3-6H,1-2H3,(H2,15,16,17,18,19). The number of nitrogens with zero attached hydrogens (tertiary/aromatic N) is 3. The summed E-state index contributed by atoms with van der Waals surface area (Å²) in [4.78, 5) is 8.60. The fraction of sp³-hybridized carbons (Fsp3) is 0.154. The van der Waals surface area contributed by atoms with Crippen molar-refractivity contribution in [3.63, 3.8) is 0 Å². The van der Waals surface area contributed by atoms with Crippen molar-refractivity contribution in [3.8, 4) is 11.6 Å². The minimum Gasteiger partial charge on any atom is -0.438 e. The van der Waals surface area contributed by atoms with Crippen LogP contribution in [-0.2, 0) is 0 Å². The average Bonchev–Trinajstić information content (AvgIpc) is 2.90. The molecule has 0 fully saturated rings. The molecule has 3 rings (SSSR count). The Morgan fingerprint density at radius 2 is 2.15 bits per heavy atom. The Bertz CT molecular complexity index is 771. The van der Waals surface area contributed by atoms with Gasteiger partial charge < -0.3 is 10.1 Å². The van der Waals surface area contributed by atoms with E-state index in [-0.39, 0.29) is 0 Å². The van der Waals surface area contributed by atoms with Crippen molar-refractivity contribution < 1.29 is 4.74 Å². The number of hydrogen-bond donors (Lipinski definition) is 2. The Morgan fingerprint density at radius 3 is 2.90 bits per heavy atom. The Kier molecular flexibility index (Phi) is 3.27. The van der Waals surface area contributed by atoms with E-state index < -0.39 is 0 Å². The fourth-order valence-electron chi connectivity index (χ4n) is 1.83. The van der Waals surface area contributed by atoms with Crippen molar-refractivity contribution in [2.45, 2.75) is 6.92 Å². The fourth-order valence-corrected chi connectivity index (χ4v) is 2.31. The van der Waals surface area contributed by atoms with E-state index in [4.69, 9.17) is 4.74 Å². The molecular weight excluding hydrogens is 322 g/mol. The van der Waals surface area contributed by atoms with Gasteiger partial charge in [-0.2, -0.15) is 15.1 Å². The summed E-state index contributed by atoms with van der Waals surface area (Å²) in [6, 6.07) is 5.81. The molecule has 0 radical (unpaired) electrons. The summed E-state index contributed by atoms with van der Waals surface area (Å²) in [7, 11) is 1.76. The number of aromatic nitrogens is 4. The molecule has 0 atom stereocenters. The summed E-state index contributed by atoms with van der Waals surface area (Å²) in [5.74, 6) is 1.70. The van der Waals surface area contributed by atoms with Crippen molar-refractivity contribution in [2.75, 3.05) is 12.4 Å². The molecule has 20 heavy (non-hydrogen) atoms. The van der Waals surface area contributed by atoms with Crippen LogP contribution in [0.3, 0.4) is 0 Å². The number of aryl methyl sites for hydroxylation is 1. The minimum atomic E-state index is 0.471. The van der Waals surface area contributed by atoms with Gasteiger partial charge in [0.1, 0.15) is 11.1 Å². The van der Waals surface area contributed by atoms with E-state index in [1.54, 1.807) is 13.2 Å². The molecular formula is C13H12BrN5O. The van der Waals surface area contributed by atoms with Crippen LogP contribution in [0.4, 0.5) is 5.95 Å². The summed E-state index contributed by atoms with van der Waals surface area (Å²) in [5.41, 5.74) is 1.65. The van der Waals surface area contributed by atoms with Crippen LogP contribution in [0.15, 0.2) is 28.9 Å². The number of ether oxygens (including phenoxy) is 1. The second-order valence-corrected chi connectivity index (χ2v) is 5.16. The van der Waals surface area contributed by atoms with Crippen molar-refractivity contribution in [2.24, 2.45) is 0 Å². The smallest absolute Gasteiger partial charge is 0.235 e. The van der Waals surface area contributed by atoms with Gasteiger partial charge in [-0.15, -0.1) is 0 Å². The van der Waals surface area contributed by atoms with Gasteiger partial charge in [-0.3, -0.25) is 5.10 Å². The van der Waals surface area contributed by atoms with Gasteiger partial charge in [0, 0.05) is 11.5 Å². The number of benzene rings is 1. The molecule has 0 aliphatic heterocycles. The summed E-state index contributed by atoms with van der Waals surface area (Å²) < 4.78 is 6.92. The Morgan fingerprint density at radius 1 is 1.30 bits per heavy atom. The number of hydrogen-bond acceptors (Lipinski definition) is 5. The predicted molar refractivity (Wildman–Crippen MR) is 80.2 cm³/mol. The van der Waals surface area contributed by atoms with E-state index in [2.05, 4.69) is 41.4 Å². The number of anilines is 1. The minimum absolute atomic E-state index is 0.471. The molecule has 0 aliphatic rings. The molecule has 102 valence electrons. The van der Waals surface area contributed by atoms with Crippen LogP contribution >= 0.6 is 15.9 Å². The van der Waals surface area contributed by atoms with E-state index >= 15 is 0 Å². The molecule has 2 heterocycles. The zero-order valence-corrected chi connectivity index (χ0v) is 12.5. The third-order valence-electron chi connectivity index (χ3n) is 2.84. The first-order chi connectivity index (χ1) is 9.67. The molecule has 0 aliphatic carbocycles. The van der Waals surface area contributed by atoms with E-state index in [0.717, 1.165) is 21.2 Å². The first-order valence-electron chi connectivity index (χ1n) is 6.00. The SMILES string of the molecule is CNc1nc(Oc2ccc(Br)cc2C)c2cn[nH]c2n1. The van der Waals surface area contributed by atoms with Crippen LogP contribution in [0.2, 0.25) is 0 Å². The topological polar surface area (TPSA) is 75.7 Å². The lowest BCUT2D eigenvalue weighted by Gasteiger charge is -2.09. The van der Waals surface area contributed by atoms with Crippen LogP contribution < -0.4 is 10.1 Å². The highest BCUT2D eigenvalue weighted by Crippen LogP contribution is 2.30. The van der Waals surface area contributed by atoms with Crippen LogP contribution in [0, 0.1) is 6.92 Å². The third-order valence-corrected chi connectivity index (χ3v) is 3.34. The summed E-state index contributed by atoms with van der Waals surface area (Å²) in [6.07, 6.45) is 1.65. The largest absolute Gasteiger partial charge is 0.438 e. The van der Waals surface area contributed by atoms with Gasteiger partial charge in [0.2, 0.25) is 11.8 Å². The molecule has 6 nitrogen and oxygen atoms in total. The molecule has 0 unspecified atom stereocenters. The van der Waals surface area contributed by atoms with Crippen molar-refractivity contribution in [1.29, 1.82) is 0 Å². The van der Waals surface area contributed by atoms with Crippen molar-refractivity contribution in [1.82, 2.24) is 20.2 Å². The van der Waals surface area contributed by atoms with Gasteiger partial charge in [-0.1, -0.05) is 15.9 Å². The molecule has 2 N–H and O–H groups in total. The van der Waals surface area contributed by atoms with Crippen LogP contribution in [-0.4, -0.2) is 27.2 Å². The van der Waals surface area contributed by atoms with Gasteiger partial charge in [0.05, 0.1) is 6.20 Å². The highest BCUT2D eigenvalue weighted by atomic mass is 79.9. The maximum atomic E-state index is 5.91. The van der Waals surface area contributed by atoms with Gasteiger partial charge in [-0.25, -0.2) is 0 Å². The number of fused-ring (bicyclic) bond motifs is 1. The van der Waals surface area contributed by atoms with Crippen LogP contribution in [0.25, 0.3) is 11.0 Å². The molecule has 0 bridgehead atoms. The lowest BCUT2D eigenvalue weighted by Crippen LogP contribution is -1.99. The van der Waals surface area contributed by atoms with Gasteiger partial charge >= 0.3 is 0 Å². The summed E-state index contributed by atoms with van der Waals surface area (Å²) >= 11 is 3.43. The van der Waals surface area contributed by atoms with Gasteiger partial charge in [0.15, 0.2) is 5.65 Å². The molecule has 3 aromatic rings. The highest BCUT2D eigenvalue weighted by Gasteiger charge is 2.12. The number of nitrogens with one attached hydrogen (secondary N) is 2. The van der Waals surface area contributed by atoms with E-state index in [0.29, 0.717) is 17.5 Å². The van der Waals surface area contributed by atoms with Crippen LogP contribution in [0.1, 0.15) is 5.56 Å².